The van der Waals surface area contributed by atoms with Gasteiger partial charge in [0.05, 0.1) is 0 Å². The number of halogens is 1. The van der Waals surface area contributed by atoms with Gasteiger partial charge in [0, 0.05) is 11.6 Å². The molecule has 1 aliphatic carbocycles. The van der Waals surface area contributed by atoms with E-state index < -0.39 is 17.8 Å². The summed E-state index contributed by atoms with van der Waals surface area (Å²) in [6, 6.07) is 4.84. The second-order valence-corrected chi connectivity index (χ2v) is 4.89. The quantitative estimate of drug-likeness (QED) is 0.726. The molecule has 108 valence electrons. The molecule has 20 heavy (non-hydrogen) atoms. The van der Waals surface area contributed by atoms with Gasteiger partial charge in [0.1, 0.15) is 5.82 Å². The van der Waals surface area contributed by atoms with Crippen LogP contribution in [0.3, 0.4) is 0 Å². The number of amides is 3. The number of hydrogen-bond donors (Lipinski definition) is 3. The lowest BCUT2D eigenvalue weighted by molar-refractivity contribution is 0.0935. The summed E-state index contributed by atoms with van der Waals surface area (Å²) in [5.74, 6) is -0.895. The molecule has 0 saturated heterocycles. The van der Waals surface area contributed by atoms with Crippen LogP contribution in [0.5, 0.6) is 0 Å². The van der Waals surface area contributed by atoms with E-state index in [2.05, 4.69) is 16.2 Å². The Balaban J connectivity index is 1.75. The minimum atomic E-state index is -0.483. The monoisotopic (exact) mass is 279 g/mol. The van der Waals surface area contributed by atoms with Gasteiger partial charge in [-0.25, -0.2) is 14.6 Å². The Labute approximate surface area is 116 Å². The van der Waals surface area contributed by atoms with Gasteiger partial charge in [0.2, 0.25) is 0 Å². The molecule has 0 aromatic heterocycles. The van der Waals surface area contributed by atoms with Gasteiger partial charge >= 0.3 is 6.03 Å². The highest BCUT2D eigenvalue weighted by Gasteiger charge is 2.15. The van der Waals surface area contributed by atoms with E-state index in [0.717, 1.165) is 25.7 Å². The number of carbonyl (C=O) groups excluding carboxylic acids is 2. The maximum absolute atomic E-state index is 12.7. The van der Waals surface area contributed by atoms with Gasteiger partial charge < -0.3 is 5.32 Å². The van der Waals surface area contributed by atoms with E-state index >= 15 is 0 Å². The van der Waals surface area contributed by atoms with Crippen molar-refractivity contribution in [3.63, 3.8) is 0 Å². The molecule has 1 saturated carbocycles. The fraction of sp³-hybridized carbons (Fsp3) is 0.429. The summed E-state index contributed by atoms with van der Waals surface area (Å²) in [6.07, 6.45) is 5.39. The zero-order valence-electron chi connectivity index (χ0n) is 11.1. The van der Waals surface area contributed by atoms with Crippen LogP contribution in [0.4, 0.5) is 9.18 Å². The van der Waals surface area contributed by atoms with Gasteiger partial charge in [-0.15, -0.1) is 0 Å². The minimum absolute atomic E-state index is 0.173. The van der Waals surface area contributed by atoms with Crippen LogP contribution in [0, 0.1) is 5.82 Å². The number of benzene rings is 1. The number of carbonyl (C=O) groups is 2. The zero-order chi connectivity index (χ0) is 14.4. The van der Waals surface area contributed by atoms with E-state index in [1.807, 2.05) is 0 Å². The van der Waals surface area contributed by atoms with Crippen molar-refractivity contribution < 1.29 is 14.0 Å². The number of rotatable bonds is 2. The fourth-order valence-corrected chi connectivity index (χ4v) is 2.26. The van der Waals surface area contributed by atoms with E-state index in [9.17, 15) is 14.0 Å². The normalized spacial score (nSPS) is 15.4. The van der Waals surface area contributed by atoms with Crippen LogP contribution in [0.15, 0.2) is 24.3 Å². The second kappa shape index (κ2) is 6.88. The highest BCUT2D eigenvalue weighted by atomic mass is 19.1. The lowest BCUT2D eigenvalue weighted by Crippen LogP contribution is -2.50. The molecule has 2 rings (SSSR count). The van der Waals surface area contributed by atoms with Crippen molar-refractivity contribution in [2.45, 2.75) is 38.1 Å². The van der Waals surface area contributed by atoms with Crippen LogP contribution in [0.25, 0.3) is 0 Å². The molecule has 0 atom stereocenters. The van der Waals surface area contributed by atoms with Crippen LogP contribution in [-0.4, -0.2) is 18.0 Å². The van der Waals surface area contributed by atoms with Crippen molar-refractivity contribution in [2.75, 3.05) is 0 Å². The van der Waals surface area contributed by atoms with Gasteiger partial charge in [0.25, 0.3) is 5.91 Å². The Morgan fingerprint density at radius 2 is 1.65 bits per heavy atom. The molecule has 1 fully saturated rings. The van der Waals surface area contributed by atoms with Gasteiger partial charge in [0.15, 0.2) is 0 Å². The van der Waals surface area contributed by atoms with Crippen molar-refractivity contribution >= 4 is 11.9 Å². The summed E-state index contributed by atoms with van der Waals surface area (Å²) in [5, 5.41) is 2.81. The average molecular weight is 279 g/mol. The first kappa shape index (κ1) is 14.3. The molecule has 1 aliphatic rings. The first-order valence-corrected chi connectivity index (χ1v) is 6.77. The molecule has 1 aromatic carbocycles. The molecule has 0 aliphatic heterocycles. The number of urea groups is 1. The van der Waals surface area contributed by atoms with E-state index in [-0.39, 0.29) is 11.6 Å². The molecule has 0 spiro atoms. The molecule has 3 N–H and O–H groups in total. The highest BCUT2D eigenvalue weighted by Crippen LogP contribution is 2.16. The van der Waals surface area contributed by atoms with Crippen LogP contribution < -0.4 is 16.2 Å². The van der Waals surface area contributed by atoms with Gasteiger partial charge in [-0.05, 0) is 37.1 Å². The molecule has 0 bridgehead atoms. The molecular weight excluding hydrogens is 261 g/mol. The molecule has 3 amide bonds. The number of nitrogens with one attached hydrogen (secondary N) is 3. The van der Waals surface area contributed by atoms with Gasteiger partial charge in [-0.1, -0.05) is 19.3 Å². The van der Waals surface area contributed by atoms with Crippen molar-refractivity contribution in [3.05, 3.63) is 35.6 Å². The SMILES string of the molecule is O=C(NNC(=O)c1ccc(F)cc1)NC1CCCCC1. The number of hydrazine groups is 1. The Bertz CT molecular complexity index is 470. The summed E-state index contributed by atoms with van der Waals surface area (Å²) < 4.78 is 12.7. The van der Waals surface area contributed by atoms with Crippen LogP contribution in [0.1, 0.15) is 42.5 Å². The summed E-state index contributed by atoms with van der Waals surface area (Å²) in [6.45, 7) is 0. The van der Waals surface area contributed by atoms with E-state index in [1.165, 1.54) is 30.7 Å². The molecule has 5 nitrogen and oxygen atoms in total. The van der Waals surface area contributed by atoms with Crippen LogP contribution in [-0.2, 0) is 0 Å². The Morgan fingerprint density at radius 1 is 1.00 bits per heavy atom. The van der Waals surface area contributed by atoms with Gasteiger partial charge in [-0.3, -0.25) is 10.2 Å². The Morgan fingerprint density at radius 3 is 2.30 bits per heavy atom. The molecule has 0 heterocycles. The third-order valence-corrected chi connectivity index (χ3v) is 3.34. The van der Waals surface area contributed by atoms with Crippen molar-refractivity contribution in [3.8, 4) is 0 Å². The molecule has 6 heteroatoms. The minimum Gasteiger partial charge on any atom is -0.334 e. The maximum atomic E-state index is 12.7. The summed E-state index contributed by atoms with van der Waals surface area (Å²) in [5.41, 5.74) is 4.87. The molecule has 0 radical (unpaired) electrons. The first-order valence-electron chi connectivity index (χ1n) is 6.77. The molecule has 1 aromatic rings. The predicted molar refractivity (Wildman–Crippen MR) is 72.4 cm³/mol. The largest absolute Gasteiger partial charge is 0.334 e. The summed E-state index contributed by atoms with van der Waals surface area (Å²) in [4.78, 5) is 23.3. The lowest BCUT2D eigenvalue weighted by atomic mass is 9.96. The predicted octanol–water partition coefficient (Wildman–Crippen LogP) is 2.10. The zero-order valence-corrected chi connectivity index (χ0v) is 11.1. The average Bonchev–Trinajstić information content (AvgIpc) is 2.46. The van der Waals surface area contributed by atoms with Crippen LogP contribution >= 0.6 is 0 Å². The van der Waals surface area contributed by atoms with E-state index in [1.54, 1.807) is 0 Å². The first-order chi connectivity index (χ1) is 9.65. The maximum Gasteiger partial charge on any atom is 0.333 e. The second-order valence-electron chi connectivity index (χ2n) is 4.89. The fourth-order valence-electron chi connectivity index (χ4n) is 2.26. The third kappa shape index (κ3) is 4.22. The molecular formula is C14H18FN3O2. The Hall–Kier alpha value is -2.11. The van der Waals surface area contributed by atoms with Crippen LogP contribution in [0.2, 0.25) is 0 Å². The van der Waals surface area contributed by atoms with Gasteiger partial charge in [-0.2, -0.15) is 0 Å². The standard InChI is InChI=1S/C14H18FN3O2/c15-11-8-6-10(7-9-11)13(19)17-18-14(20)16-12-4-2-1-3-5-12/h6-9,12H,1-5H2,(H,17,19)(H2,16,18,20). The molecule has 0 unspecified atom stereocenters. The smallest absolute Gasteiger partial charge is 0.333 e. The van der Waals surface area contributed by atoms with E-state index in [4.69, 9.17) is 0 Å². The highest BCUT2D eigenvalue weighted by molar-refractivity contribution is 5.95. The summed E-state index contributed by atoms with van der Waals surface area (Å²) >= 11 is 0. The lowest BCUT2D eigenvalue weighted by Gasteiger charge is -2.22. The van der Waals surface area contributed by atoms with Crippen molar-refractivity contribution in [1.29, 1.82) is 0 Å². The van der Waals surface area contributed by atoms with Crippen molar-refractivity contribution in [2.24, 2.45) is 0 Å². The summed E-state index contributed by atoms with van der Waals surface area (Å²) in [7, 11) is 0. The third-order valence-electron chi connectivity index (χ3n) is 3.34. The number of hydrogen-bond acceptors (Lipinski definition) is 2. The topological polar surface area (TPSA) is 70.2 Å². The Kier molecular flexibility index (Phi) is 4.92. The van der Waals surface area contributed by atoms with E-state index in [0.29, 0.717) is 0 Å². The van der Waals surface area contributed by atoms with Crippen molar-refractivity contribution in [1.82, 2.24) is 16.2 Å².